The summed E-state index contributed by atoms with van der Waals surface area (Å²) in [5.74, 6) is 2.16. The number of aliphatic imine (C=N–C) groups is 1. The molecule has 1 aliphatic heterocycles. The lowest BCUT2D eigenvalue weighted by Crippen LogP contribution is -2.46. The van der Waals surface area contributed by atoms with E-state index in [1.165, 1.54) is 6.42 Å². The molecule has 0 amide bonds. The van der Waals surface area contributed by atoms with E-state index in [4.69, 9.17) is 0 Å². The Hall–Kier alpha value is -0.0900. The van der Waals surface area contributed by atoms with Crippen LogP contribution in [0.3, 0.4) is 0 Å². The van der Waals surface area contributed by atoms with E-state index in [-0.39, 0.29) is 35.5 Å². The van der Waals surface area contributed by atoms with Crippen LogP contribution in [0.15, 0.2) is 4.99 Å². The minimum absolute atomic E-state index is 0. The molecule has 8 heteroatoms. The average Bonchev–Trinajstić information content (AvgIpc) is 2.45. The molecule has 0 aromatic rings. The van der Waals surface area contributed by atoms with Crippen LogP contribution < -0.4 is 10.6 Å². The van der Waals surface area contributed by atoms with E-state index in [0.29, 0.717) is 13.1 Å². The molecule has 1 saturated heterocycles. The topological polar surface area (TPSA) is 73.8 Å². The van der Waals surface area contributed by atoms with Crippen molar-refractivity contribution in [3.63, 3.8) is 0 Å². The van der Waals surface area contributed by atoms with Crippen molar-refractivity contribution in [1.82, 2.24) is 15.5 Å². The van der Waals surface area contributed by atoms with Crippen LogP contribution in [0.4, 0.5) is 0 Å². The van der Waals surface area contributed by atoms with Gasteiger partial charge in [-0.1, -0.05) is 13.8 Å². The maximum Gasteiger partial charge on any atom is 0.191 e. The molecule has 0 atom stereocenters. The van der Waals surface area contributed by atoms with E-state index in [1.807, 2.05) is 0 Å². The van der Waals surface area contributed by atoms with Crippen molar-refractivity contribution in [1.29, 1.82) is 0 Å². The van der Waals surface area contributed by atoms with Gasteiger partial charge in [0.15, 0.2) is 15.8 Å². The van der Waals surface area contributed by atoms with Gasteiger partial charge in [0.05, 0.1) is 11.5 Å². The maximum atomic E-state index is 11.4. The van der Waals surface area contributed by atoms with E-state index in [2.05, 4.69) is 41.3 Å². The third-order valence-corrected chi connectivity index (χ3v) is 5.32. The van der Waals surface area contributed by atoms with Gasteiger partial charge < -0.3 is 10.6 Å². The summed E-state index contributed by atoms with van der Waals surface area (Å²) in [7, 11) is -2.79. The highest BCUT2D eigenvalue weighted by Crippen LogP contribution is 2.03. The first-order valence-electron chi connectivity index (χ1n) is 8.38. The molecule has 0 radical (unpaired) electrons. The molecular formula is C15H33IN4O2S. The monoisotopic (exact) mass is 460 g/mol. The van der Waals surface area contributed by atoms with Gasteiger partial charge in [0.1, 0.15) is 0 Å². The SMILES string of the molecule is CCNC(=NCCCC(C)C)NCCN1CCS(=O)(=O)CC1.I. The van der Waals surface area contributed by atoms with Gasteiger partial charge in [-0.2, -0.15) is 0 Å². The zero-order chi connectivity index (χ0) is 16.4. The highest BCUT2D eigenvalue weighted by Gasteiger charge is 2.20. The fourth-order valence-corrected chi connectivity index (χ4v) is 3.62. The molecule has 1 aliphatic rings. The highest BCUT2D eigenvalue weighted by molar-refractivity contribution is 14.0. The van der Waals surface area contributed by atoms with Gasteiger partial charge in [0.25, 0.3) is 0 Å². The molecular weight excluding hydrogens is 427 g/mol. The highest BCUT2D eigenvalue weighted by atomic mass is 127. The molecule has 0 saturated carbocycles. The molecule has 6 nitrogen and oxygen atoms in total. The maximum absolute atomic E-state index is 11.4. The van der Waals surface area contributed by atoms with Crippen molar-refractivity contribution in [3.8, 4) is 0 Å². The smallest absolute Gasteiger partial charge is 0.191 e. The lowest BCUT2D eigenvalue weighted by Gasteiger charge is -2.26. The summed E-state index contributed by atoms with van der Waals surface area (Å²) < 4.78 is 22.8. The first-order valence-corrected chi connectivity index (χ1v) is 10.2. The van der Waals surface area contributed by atoms with Crippen molar-refractivity contribution in [2.24, 2.45) is 10.9 Å². The number of hydrogen-bond donors (Lipinski definition) is 2. The van der Waals surface area contributed by atoms with Crippen LogP contribution in [0.2, 0.25) is 0 Å². The quantitative estimate of drug-likeness (QED) is 0.248. The zero-order valence-electron chi connectivity index (χ0n) is 14.7. The first-order chi connectivity index (χ1) is 10.4. The van der Waals surface area contributed by atoms with E-state index in [9.17, 15) is 8.42 Å². The number of rotatable bonds is 8. The summed E-state index contributed by atoms with van der Waals surface area (Å²) in [6.45, 7) is 11.1. The van der Waals surface area contributed by atoms with Gasteiger partial charge in [-0.3, -0.25) is 9.89 Å². The summed E-state index contributed by atoms with van der Waals surface area (Å²) in [5.41, 5.74) is 0. The van der Waals surface area contributed by atoms with Crippen LogP contribution in [0.1, 0.15) is 33.6 Å². The van der Waals surface area contributed by atoms with E-state index in [1.54, 1.807) is 0 Å². The van der Waals surface area contributed by atoms with E-state index in [0.717, 1.165) is 44.5 Å². The second kappa shape index (κ2) is 12.3. The van der Waals surface area contributed by atoms with Crippen LogP contribution >= 0.6 is 24.0 Å². The lowest BCUT2D eigenvalue weighted by atomic mass is 10.1. The number of nitrogens with zero attached hydrogens (tertiary/aromatic N) is 2. The van der Waals surface area contributed by atoms with Crippen LogP contribution in [0.5, 0.6) is 0 Å². The van der Waals surface area contributed by atoms with Crippen LogP contribution in [-0.4, -0.2) is 70.1 Å². The third-order valence-electron chi connectivity index (χ3n) is 3.71. The molecule has 0 aromatic heterocycles. The Morgan fingerprint density at radius 1 is 1.22 bits per heavy atom. The molecule has 138 valence electrons. The summed E-state index contributed by atoms with van der Waals surface area (Å²) >= 11 is 0. The second-order valence-corrected chi connectivity index (χ2v) is 8.52. The molecule has 0 bridgehead atoms. The Balaban J connectivity index is 0.00000484. The lowest BCUT2D eigenvalue weighted by molar-refractivity contribution is 0.299. The van der Waals surface area contributed by atoms with Gasteiger partial charge >= 0.3 is 0 Å². The fraction of sp³-hybridized carbons (Fsp3) is 0.933. The van der Waals surface area contributed by atoms with Gasteiger partial charge in [0.2, 0.25) is 0 Å². The van der Waals surface area contributed by atoms with Crippen LogP contribution in [-0.2, 0) is 9.84 Å². The van der Waals surface area contributed by atoms with Crippen molar-refractivity contribution in [2.75, 3.05) is 50.8 Å². The Morgan fingerprint density at radius 3 is 2.43 bits per heavy atom. The van der Waals surface area contributed by atoms with E-state index >= 15 is 0 Å². The fourth-order valence-electron chi connectivity index (χ4n) is 2.34. The van der Waals surface area contributed by atoms with Crippen molar-refractivity contribution >= 4 is 39.8 Å². The zero-order valence-corrected chi connectivity index (χ0v) is 17.8. The minimum atomic E-state index is -2.79. The second-order valence-electron chi connectivity index (χ2n) is 6.22. The normalized spacial score (nSPS) is 18.5. The Bertz CT molecular complexity index is 427. The first kappa shape index (κ1) is 22.9. The van der Waals surface area contributed by atoms with Crippen molar-refractivity contribution in [3.05, 3.63) is 0 Å². The predicted molar refractivity (Wildman–Crippen MR) is 109 cm³/mol. The molecule has 1 fully saturated rings. The molecule has 0 aliphatic carbocycles. The van der Waals surface area contributed by atoms with Crippen LogP contribution in [0.25, 0.3) is 0 Å². The Labute approximate surface area is 158 Å². The van der Waals surface area contributed by atoms with Gasteiger partial charge in [0, 0.05) is 39.3 Å². The molecule has 0 unspecified atom stereocenters. The molecule has 1 heterocycles. The molecule has 2 N–H and O–H groups in total. The molecule has 23 heavy (non-hydrogen) atoms. The number of hydrogen-bond acceptors (Lipinski definition) is 4. The summed E-state index contributed by atoms with van der Waals surface area (Å²) in [6.07, 6.45) is 2.31. The summed E-state index contributed by atoms with van der Waals surface area (Å²) in [4.78, 5) is 6.76. The average molecular weight is 460 g/mol. The number of halogens is 1. The molecule has 1 rings (SSSR count). The number of guanidine groups is 1. The van der Waals surface area contributed by atoms with Crippen molar-refractivity contribution < 1.29 is 8.42 Å². The number of sulfone groups is 1. The van der Waals surface area contributed by atoms with Gasteiger partial charge in [-0.05, 0) is 25.7 Å². The van der Waals surface area contributed by atoms with Gasteiger partial charge in [-0.25, -0.2) is 8.42 Å². The van der Waals surface area contributed by atoms with Crippen molar-refractivity contribution in [2.45, 2.75) is 33.6 Å². The Kier molecular flexibility index (Phi) is 12.2. The molecule has 0 spiro atoms. The van der Waals surface area contributed by atoms with Crippen LogP contribution in [0, 0.1) is 5.92 Å². The predicted octanol–water partition coefficient (Wildman–Crippen LogP) is 1.33. The minimum Gasteiger partial charge on any atom is -0.357 e. The van der Waals surface area contributed by atoms with Gasteiger partial charge in [-0.15, -0.1) is 24.0 Å². The molecule has 0 aromatic carbocycles. The summed E-state index contributed by atoms with van der Waals surface area (Å²) in [5, 5.41) is 6.57. The number of nitrogens with one attached hydrogen (secondary N) is 2. The summed E-state index contributed by atoms with van der Waals surface area (Å²) in [6, 6.07) is 0. The van der Waals surface area contributed by atoms with E-state index < -0.39 is 9.84 Å². The third kappa shape index (κ3) is 11.1. The standard InChI is InChI=1S/C15H32N4O2S.HI/c1-4-16-15(17-7-5-6-14(2)3)18-8-9-19-10-12-22(20,21)13-11-19;/h14H,4-13H2,1-3H3,(H2,16,17,18);1H. The largest absolute Gasteiger partial charge is 0.357 e. The Morgan fingerprint density at radius 2 is 1.87 bits per heavy atom.